The molecule has 2 rings (SSSR count). The minimum Gasteiger partial charge on any atom is -0.480 e. The summed E-state index contributed by atoms with van der Waals surface area (Å²) in [5.74, 6) is -0.979. The van der Waals surface area contributed by atoms with E-state index in [2.05, 4.69) is 53.5 Å². The maximum Gasteiger partial charge on any atom is 0.326 e. The van der Waals surface area contributed by atoms with Gasteiger partial charge in [0.1, 0.15) is 11.8 Å². The van der Waals surface area contributed by atoms with Crippen LogP contribution in [0.4, 0.5) is 0 Å². The van der Waals surface area contributed by atoms with Crippen molar-refractivity contribution in [3.63, 3.8) is 0 Å². The zero-order valence-corrected chi connectivity index (χ0v) is 23.4. The van der Waals surface area contributed by atoms with Crippen LogP contribution >= 0.6 is 0 Å². The lowest BCUT2D eigenvalue weighted by Gasteiger charge is -2.38. The number of nitrogens with zero attached hydrogens (tertiary/aromatic N) is 1. The zero-order valence-electron chi connectivity index (χ0n) is 21.4. The number of carboxylic acid groups (broad SMARTS) is 1. The van der Waals surface area contributed by atoms with Crippen LogP contribution in [0.3, 0.4) is 0 Å². The number of carbonyl (C=O) groups excluding carboxylic acids is 1. The molecule has 0 bridgehead atoms. The molecular weight excluding hydrogens is 454 g/mol. The van der Waals surface area contributed by atoms with Crippen LogP contribution < -0.4 is 4.74 Å². The molecule has 1 N–H and O–H groups in total. The maximum absolute atomic E-state index is 13.4. The van der Waals surface area contributed by atoms with Gasteiger partial charge in [0, 0.05) is 27.6 Å². The lowest BCUT2D eigenvalue weighted by atomic mass is 10.1. The summed E-state index contributed by atoms with van der Waals surface area (Å²) in [6.07, 6.45) is -0.00919. The molecule has 33 heavy (non-hydrogen) atoms. The van der Waals surface area contributed by atoms with E-state index < -0.39 is 28.4 Å². The monoisotopic (exact) mass is 495 g/mol. The van der Waals surface area contributed by atoms with Gasteiger partial charge in [-0.1, -0.05) is 52.5 Å². The van der Waals surface area contributed by atoms with E-state index in [1.54, 1.807) is 24.3 Å². The molecule has 0 radical (unpaired) electrons. The predicted molar refractivity (Wildman–Crippen MR) is 135 cm³/mol. The van der Waals surface area contributed by atoms with E-state index in [1.165, 1.54) is 4.90 Å². The van der Waals surface area contributed by atoms with Crippen molar-refractivity contribution < 1.29 is 28.6 Å². The Balaban J connectivity index is 2.11. The molecule has 0 saturated carbocycles. The Hall–Kier alpha value is -1.69. The molecule has 1 heterocycles. The van der Waals surface area contributed by atoms with Gasteiger partial charge in [0.05, 0.1) is 11.7 Å². The third kappa shape index (κ3) is 7.66. The van der Waals surface area contributed by atoms with E-state index in [9.17, 15) is 14.7 Å². The van der Waals surface area contributed by atoms with Crippen molar-refractivity contribution in [1.29, 1.82) is 0 Å². The van der Waals surface area contributed by atoms with Gasteiger partial charge in [-0.05, 0) is 36.3 Å². The molecule has 9 heteroatoms. The van der Waals surface area contributed by atoms with E-state index in [0.29, 0.717) is 17.9 Å². The molecule has 0 aliphatic carbocycles. The van der Waals surface area contributed by atoms with Crippen LogP contribution in [0.1, 0.15) is 37.6 Å². The largest absolute Gasteiger partial charge is 0.480 e. The molecule has 0 spiro atoms. The molecule has 1 aromatic carbocycles. The number of amides is 1. The van der Waals surface area contributed by atoms with E-state index >= 15 is 0 Å². The normalized spacial score (nSPS) is 19.6. The smallest absolute Gasteiger partial charge is 0.326 e. The third-order valence-corrected chi connectivity index (χ3v) is 12.7. The number of para-hydroxylation sites is 1. The highest BCUT2D eigenvalue weighted by Gasteiger charge is 2.46. The molecule has 0 aromatic heterocycles. The summed E-state index contributed by atoms with van der Waals surface area (Å²) in [4.78, 5) is 26.8. The van der Waals surface area contributed by atoms with Gasteiger partial charge in [-0.3, -0.25) is 4.79 Å². The number of benzene rings is 1. The Bertz CT molecular complexity index is 831. The molecule has 1 aliphatic rings. The first kappa shape index (κ1) is 27.6. The quantitative estimate of drug-likeness (QED) is 0.277. The number of carboxylic acids is 1. The van der Waals surface area contributed by atoms with E-state index in [4.69, 9.17) is 13.9 Å². The van der Waals surface area contributed by atoms with Gasteiger partial charge in [0.25, 0.3) is 5.91 Å². The number of likely N-dealkylation sites (tertiary alicyclic amines) is 1. The molecule has 1 aromatic rings. The Morgan fingerprint density at radius 2 is 1.76 bits per heavy atom. The van der Waals surface area contributed by atoms with Crippen LogP contribution in [0.25, 0.3) is 0 Å². The first-order valence-electron chi connectivity index (χ1n) is 11.6. The van der Waals surface area contributed by atoms with Crippen LogP contribution in [0.15, 0.2) is 24.3 Å². The number of rotatable bonds is 10. The summed E-state index contributed by atoms with van der Waals surface area (Å²) >= 11 is 0. The van der Waals surface area contributed by atoms with Gasteiger partial charge < -0.3 is 23.9 Å². The Kier molecular flexibility index (Phi) is 8.94. The molecule has 1 fully saturated rings. The highest BCUT2D eigenvalue weighted by molar-refractivity contribution is 6.76. The number of ether oxygens (including phenoxy) is 2. The van der Waals surface area contributed by atoms with Crippen molar-refractivity contribution in [2.45, 2.75) is 83.2 Å². The van der Waals surface area contributed by atoms with Gasteiger partial charge in [0.2, 0.25) is 0 Å². The standard InChI is InChI=1S/C24H41NO6Si2/c1-24(2,3)33(7,8)31-18-15-20(23(27)28)25(16-18)22(26)19-11-9-10-12-21(19)30-17-29-13-14-32(4,5)6/h9-12,18,20H,13-17H2,1-8H3,(H,27,28)/t18-,20+/m1/s1. The summed E-state index contributed by atoms with van der Waals surface area (Å²) in [5, 5.41) is 9.80. The SMILES string of the molecule is CC(C)(C)[Si](C)(C)O[C@@H]1C[C@@H](C(=O)O)N(C(=O)c2ccccc2OCOCC[Si](C)(C)C)C1. The average molecular weight is 496 g/mol. The molecule has 0 unspecified atom stereocenters. The summed E-state index contributed by atoms with van der Waals surface area (Å²) in [6.45, 7) is 18.5. The van der Waals surface area contributed by atoms with Crippen LogP contribution in [0.5, 0.6) is 5.75 Å². The second-order valence-corrected chi connectivity index (χ2v) is 21.9. The minimum absolute atomic E-state index is 0.000925. The average Bonchev–Trinajstić information content (AvgIpc) is 3.09. The summed E-state index contributed by atoms with van der Waals surface area (Å²) < 4.78 is 17.8. The van der Waals surface area contributed by atoms with Gasteiger partial charge in [-0.15, -0.1) is 0 Å². The molecular formula is C24H41NO6Si2. The topological polar surface area (TPSA) is 85.3 Å². The maximum atomic E-state index is 13.4. The van der Waals surface area contributed by atoms with Gasteiger partial charge >= 0.3 is 5.97 Å². The van der Waals surface area contributed by atoms with Crippen molar-refractivity contribution in [3.8, 4) is 5.75 Å². The number of hydrogen-bond donors (Lipinski definition) is 1. The van der Waals surface area contributed by atoms with Crippen molar-refractivity contribution in [2.75, 3.05) is 19.9 Å². The van der Waals surface area contributed by atoms with Crippen molar-refractivity contribution in [2.24, 2.45) is 0 Å². The van der Waals surface area contributed by atoms with Gasteiger partial charge in [-0.25, -0.2) is 4.79 Å². The second kappa shape index (κ2) is 10.7. The third-order valence-electron chi connectivity index (χ3n) is 6.49. The van der Waals surface area contributed by atoms with E-state index in [0.717, 1.165) is 6.04 Å². The Morgan fingerprint density at radius 3 is 2.33 bits per heavy atom. The lowest BCUT2D eigenvalue weighted by Crippen LogP contribution is -2.45. The van der Waals surface area contributed by atoms with Crippen LogP contribution in [-0.2, 0) is 14.0 Å². The molecule has 1 saturated heterocycles. The molecule has 2 atom stereocenters. The number of aliphatic carboxylic acids is 1. The summed E-state index contributed by atoms with van der Waals surface area (Å²) in [7, 11) is -3.29. The second-order valence-electron chi connectivity index (χ2n) is 11.5. The Morgan fingerprint density at radius 1 is 1.12 bits per heavy atom. The molecule has 7 nitrogen and oxygen atoms in total. The fourth-order valence-corrected chi connectivity index (χ4v) is 5.52. The van der Waals surface area contributed by atoms with Crippen molar-refractivity contribution in [1.82, 2.24) is 4.90 Å². The fraction of sp³-hybridized carbons (Fsp3) is 0.667. The van der Waals surface area contributed by atoms with Crippen molar-refractivity contribution >= 4 is 28.3 Å². The predicted octanol–water partition coefficient (Wildman–Crippen LogP) is 5.07. The first-order valence-corrected chi connectivity index (χ1v) is 18.2. The lowest BCUT2D eigenvalue weighted by molar-refractivity contribution is -0.141. The van der Waals surface area contributed by atoms with E-state index in [1.807, 2.05) is 0 Å². The van der Waals surface area contributed by atoms with Crippen LogP contribution in [0.2, 0.25) is 43.8 Å². The fourth-order valence-electron chi connectivity index (χ4n) is 3.40. The number of hydrogen-bond acceptors (Lipinski definition) is 5. The molecule has 1 aliphatic heterocycles. The minimum atomic E-state index is -2.10. The highest BCUT2D eigenvalue weighted by Crippen LogP contribution is 2.39. The van der Waals surface area contributed by atoms with Gasteiger partial charge in [0.15, 0.2) is 15.1 Å². The highest BCUT2D eigenvalue weighted by atomic mass is 28.4. The van der Waals surface area contributed by atoms with Crippen LogP contribution in [-0.4, -0.2) is 70.4 Å². The van der Waals surface area contributed by atoms with Crippen LogP contribution in [0, 0.1) is 0 Å². The number of carbonyl (C=O) groups is 2. The zero-order chi connectivity index (χ0) is 25.0. The molecule has 1 amide bonds. The van der Waals surface area contributed by atoms with Gasteiger partial charge in [-0.2, -0.15) is 0 Å². The van der Waals surface area contributed by atoms with E-state index in [-0.39, 0.29) is 36.8 Å². The van der Waals surface area contributed by atoms with Crippen molar-refractivity contribution in [3.05, 3.63) is 29.8 Å². The first-order chi connectivity index (χ1) is 15.1. The summed E-state index contributed by atoms with van der Waals surface area (Å²) in [5.41, 5.74) is 0.338. The summed E-state index contributed by atoms with van der Waals surface area (Å²) in [6, 6.07) is 7.03. The Labute approximate surface area is 200 Å². The molecule has 186 valence electrons.